The lowest BCUT2D eigenvalue weighted by atomic mass is 9.87. The van der Waals surface area contributed by atoms with Gasteiger partial charge in [-0.25, -0.2) is 8.42 Å². The van der Waals surface area contributed by atoms with E-state index < -0.39 is 10.0 Å². The molecule has 0 saturated heterocycles. The summed E-state index contributed by atoms with van der Waals surface area (Å²) in [4.78, 5) is 20.0. The molecule has 4 rings (SSSR count). The van der Waals surface area contributed by atoms with Crippen LogP contribution in [-0.4, -0.2) is 29.8 Å². The Kier molecular flexibility index (Phi) is 6.78. The summed E-state index contributed by atoms with van der Waals surface area (Å²) in [7, 11) is -2.34. The molecule has 0 atom stereocenters. The van der Waals surface area contributed by atoms with E-state index in [1.807, 2.05) is 18.2 Å². The highest BCUT2D eigenvalue weighted by Crippen LogP contribution is 2.26. The summed E-state index contributed by atoms with van der Waals surface area (Å²) < 4.78 is 34.1. The first-order valence-corrected chi connectivity index (χ1v) is 12.7. The Balaban J connectivity index is 1.76. The highest BCUT2D eigenvalue weighted by molar-refractivity contribution is 7.89. The van der Waals surface area contributed by atoms with E-state index in [0.717, 1.165) is 16.5 Å². The molecule has 0 aliphatic heterocycles. The van der Waals surface area contributed by atoms with Crippen molar-refractivity contribution in [2.75, 3.05) is 7.11 Å². The van der Waals surface area contributed by atoms with E-state index in [0.29, 0.717) is 16.8 Å². The van der Waals surface area contributed by atoms with Gasteiger partial charge < -0.3 is 9.72 Å². The fourth-order valence-corrected chi connectivity index (χ4v) is 5.27. The Morgan fingerprint density at radius 3 is 2.37 bits per heavy atom. The maximum Gasteiger partial charge on any atom is 0.252 e. The zero-order valence-corrected chi connectivity index (χ0v) is 21.1. The Morgan fingerprint density at radius 2 is 1.74 bits per heavy atom. The standard InChI is InChI=1S/C27H29N3O4S/c1-27(2,3)22-7-10-24(11-8-22)35(32,33)30(17-19-6-5-13-28-16-19)18-21-14-20-15-23(34-4)9-12-25(20)29-26(21)31/h5-16H,17-18H2,1-4H3,(H,29,31). The molecule has 7 nitrogen and oxygen atoms in total. The topological polar surface area (TPSA) is 92.4 Å². The van der Waals surface area contributed by atoms with Gasteiger partial charge in [0.2, 0.25) is 10.0 Å². The van der Waals surface area contributed by atoms with Gasteiger partial charge in [0.15, 0.2) is 0 Å². The van der Waals surface area contributed by atoms with Crippen molar-refractivity contribution in [3.05, 3.63) is 100 Å². The maximum absolute atomic E-state index is 13.8. The molecule has 0 fully saturated rings. The Bertz CT molecular complexity index is 1490. The zero-order chi connectivity index (χ0) is 25.2. The SMILES string of the molecule is COc1ccc2[nH]c(=O)c(CN(Cc3cccnc3)S(=O)(=O)c3ccc(C(C)(C)C)cc3)cc2c1. The number of ether oxygens (including phenoxy) is 1. The monoisotopic (exact) mass is 491 g/mol. The van der Waals surface area contributed by atoms with Gasteiger partial charge in [-0.15, -0.1) is 0 Å². The lowest BCUT2D eigenvalue weighted by molar-refractivity contribution is 0.399. The van der Waals surface area contributed by atoms with Crippen LogP contribution in [0.4, 0.5) is 0 Å². The molecule has 4 aromatic rings. The Hall–Kier alpha value is -3.49. The van der Waals surface area contributed by atoms with E-state index in [1.165, 1.54) is 4.31 Å². The molecule has 0 spiro atoms. The van der Waals surface area contributed by atoms with E-state index in [4.69, 9.17) is 4.74 Å². The van der Waals surface area contributed by atoms with Crippen LogP contribution >= 0.6 is 0 Å². The Labute approximate surface area is 205 Å². The third-order valence-electron chi connectivity index (χ3n) is 5.91. The molecule has 0 unspecified atom stereocenters. The van der Waals surface area contributed by atoms with E-state index in [1.54, 1.807) is 62.0 Å². The summed E-state index contributed by atoms with van der Waals surface area (Å²) in [6.07, 6.45) is 3.26. The van der Waals surface area contributed by atoms with Crippen molar-refractivity contribution in [3.8, 4) is 5.75 Å². The molecular formula is C27H29N3O4S. The molecule has 2 aromatic heterocycles. The van der Waals surface area contributed by atoms with Crippen molar-refractivity contribution in [1.29, 1.82) is 0 Å². The summed E-state index contributed by atoms with van der Waals surface area (Å²) in [6, 6.07) is 17.5. The van der Waals surface area contributed by atoms with E-state index in [-0.39, 0.29) is 29.0 Å². The third-order valence-corrected chi connectivity index (χ3v) is 7.72. The highest BCUT2D eigenvalue weighted by Gasteiger charge is 2.27. The first-order valence-electron chi connectivity index (χ1n) is 11.3. The second kappa shape index (κ2) is 9.64. The van der Waals surface area contributed by atoms with Crippen molar-refractivity contribution in [2.45, 2.75) is 44.2 Å². The summed E-state index contributed by atoms with van der Waals surface area (Å²) >= 11 is 0. The number of fused-ring (bicyclic) bond motifs is 1. The molecule has 1 N–H and O–H groups in total. The van der Waals surface area contributed by atoms with Gasteiger partial charge in [0.25, 0.3) is 5.56 Å². The van der Waals surface area contributed by atoms with Crippen LogP contribution in [-0.2, 0) is 28.5 Å². The summed E-state index contributed by atoms with van der Waals surface area (Å²) in [5, 5.41) is 0.757. The van der Waals surface area contributed by atoms with E-state index in [2.05, 4.69) is 30.7 Å². The van der Waals surface area contributed by atoms with Gasteiger partial charge >= 0.3 is 0 Å². The maximum atomic E-state index is 13.8. The van der Waals surface area contributed by atoms with Crippen LogP contribution in [0.2, 0.25) is 0 Å². The molecule has 2 aromatic carbocycles. The molecule has 35 heavy (non-hydrogen) atoms. The summed E-state index contributed by atoms with van der Waals surface area (Å²) in [6.45, 7) is 6.21. The molecule has 0 radical (unpaired) electrons. The summed E-state index contributed by atoms with van der Waals surface area (Å²) in [5.74, 6) is 0.647. The molecular weight excluding hydrogens is 462 g/mol. The van der Waals surface area contributed by atoms with Gasteiger partial charge in [-0.1, -0.05) is 39.0 Å². The molecule has 0 saturated carbocycles. The lowest BCUT2D eigenvalue weighted by Crippen LogP contribution is -2.32. The minimum absolute atomic E-state index is 0.0762. The number of hydrogen-bond donors (Lipinski definition) is 1. The van der Waals surface area contributed by atoms with Crippen LogP contribution in [0.3, 0.4) is 0 Å². The van der Waals surface area contributed by atoms with Gasteiger partial charge in [0.1, 0.15) is 5.75 Å². The second-order valence-corrected chi connectivity index (χ2v) is 11.4. The van der Waals surface area contributed by atoms with Gasteiger partial charge in [-0.3, -0.25) is 9.78 Å². The number of H-pyrrole nitrogens is 1. The molecule has 0 aliphatic carbocycles. The van der Waals surface area contributed by atoms with Gasteiger partial charge in [0.05, 0.1) is 12.0 Å². The number of aromatic amines is 1. The first kappa shape index (κ1) is 24.6. The van der Waals surface area contributed by atoms with E-state index >= 15 is 0 Å². The smallest absolute Gasteiger partial charge is 0.252 e. The van der Waals surface area contributed by atoms with Crippen LogP contribution in [0, 0.1) is 0 Å². The number of hydrogen-bond acceptors (Lipinski definition) is 5. The first-order chi connectivity index (χ1) is 16.6. The predicted molar refractivity (Wildman–Crippen MR) is 137 cm³/mol. The molecule has 0 amide bonds. The fraction of sp³-hybridized carbons (Fsp3) is 0.259. The number of rotatable bonds is 7. The molecule has 182 valence electrons. The van der Waals surface area contributed by atoms with Gasteiger partial charge in [-0.2, -0.15) is 4.31 Å². The number of sulfonamides is 1. The van der Waals surface area contributed by atoms with Crippen molar-refractivity contribution >= 4 is 20.9 Å². The number of pyridine rings is 2. The normalized spacial score (nSPS) is 12.3. The predicted octanol–water partition coefficient (Wildman–Crippen LogP) is 4.62. The average molecular weight is 492 g/mol. The van der Waals surface area contributed by atoms with Crippen LogP contribution in [0.5, 0.6) is 5.75 Å². The molecule has 0 aliphatic rings. The van der Waals surface area contributed by atoms with Crippen molar-refractivity contribution in [2.24, 2.45) is 0 Å². The largest absolute Gasteiger partial charge is 0.497 e. The number of nitrogens with zero attached hydrogens (tertiary/aromatic N) is 2. The van der Waals surface area contributed by atoms with Crippen molar-refractivity contribution in [3.63, 3.8) is 0 Å². The van der Waals surface area contributed by atoms with Gasteiger partial charge in [0, 0.05) is 41.9 Å². The average Bonchev–Trinajstić information content (AvgIpc) is 2.84. The fourth-order valence-electron chi connectivity index (χ4n) is 3.86. The van der Waals surface area contributed by atoms with Crippen LogP contribution in [0.25, 0.3) is 10.9 Å². The van der Waals surface area contributed by atoms with Crippen LogP contribution < -0.4 is 10.3 Å². The van der Waals surface area contributed by atoms with Crippen LogP contribution in [0.1, 0.15) is 37.5 Å². The molecule has 0 bridgehead atoms. The number of benzene rings is 2. The zero-order valence-electron chi connectivity index (χ0n) is 20.3. The quantitative estimate of drug-likeness (QED) is 0.407. The van der Waals surface area contributed by atoms with Crippen LogP contribution in [0.15, 0.2) is 82.7 Å². The number of aromatic nitrogens is 2. The minimum Gasteiger partial charge on any atom is -0.497 e. The minimum atomic E-state index is -3.91. The number of nitrogens with one attached hydrogen (secondary N) is 1. The molecule has 2 heterocycles. The third kappa shape index (κ3) is 5.44. The number of methoxy groups -OCH3 is 1. The van der Waals surface area contributed by atoms with Gasteiger partial charge in [-0.05, 0) is 59.0 Å². The summed E-state index contributed by atoms with van der Waals surface area (Å²) in [5.41, 5.74) is 2.31. The highest BCUT2D eigenvalue weighted by atomic mass is 32.2. The van der Waals surface area contributed by atoms with E-state index in [9.17, 15) is 13.2 Å². The molecule has 8 heteroatoms. The second-order valence-electron chi connectivity index (χ2n) is 9.49. The Morgan fingerprint density at radius 1 is 1.00 bits per heavy atom. The lowest BCUT2D eigenvalue weighted by Gasteiger charge is -2.23. The van der Waals surface area contributed by atoms with Crippen molar-refractivity contribution < 1.29 is 13.2 Å². The van der Waals surface area contributed by atoms with Crippen molar-refractivity contribution in [1.82, 2.24) is 14.3 Å².